The average molecular weight is 384 g/mol. The van der Waals surface area contributed by atoms with Crippen LogP contribution in [0.25, 0.3) is 16.7 Å². The monoisotopic (exact) mass is 382 g/mol. The van der Waals surface area contributed by atoms with Gasteiger partial charge in [-0.25, -0.2) is 4.98 Å². The summed E-state index contributed by atoms with van der Waals surface area (Å²) in [7, 11) is 0. The van der Waals surface area contributed by atoms with Gasteiger partial charge >= 0.3 is 0 Å². The largest absolute Gasteiger partial charge is 0.295 e. The van der Waals surface area contributed by atoms with Crippen molar-refractivity contribution in [3.05, 3.63) is 57.3 Å². The number of imidazole rings is 1. The highest BCUT2D eigenvalue weighted by Crippen LogP contribution is 2.32. The molecule has 1 heterocycles. The van der Waals surface area contributed by atoms with E-state index in [0.29, 0.717) is 5.02 Å². The Morgan fingerprint density at radius 2 is 2.00 bits per heavy atom. The number of rotatable bonds is 2. The SMILES string of the molecule is Cc1c(Br)cccc1-n1c(C(C)Cl)nc2cc(Cl)ccc21. The maximum atomic E-state index is 6.33. The van der Waals surface area contributed by atoms with E-state index in [1.54, 1.807) is 0 Å². The van der Waals surface area contributed by atoms with Gasteiger partial charge in [0, 0.05) is 9.50 Å². The molecule has 0 aliphatic carbocycles. The van der Waals surface area contributed by atoms with Crippen molar-refractivity contribution in [3.8, 4) is 5.69 Å². The van der Waals surface area contributed by atoms with Crippen LogP contribution in [-0.2, 0) is 0 Å². The van der Waals surface area contributed by atoms with E-state index in [0.717, 1.165) is 32.6 Å². The first kappa shape index (κ1) is 14.9. The molecule has 0 amide bonds. The summed E-state index contributed by atoms with van der Waals surface area (Å²) in [5.41, 5.74) is 4.06. The van der Waals surface area contributed by atoms with Crippen molar-refractivity contribution in [1.82, 2.24) is 9.55 Å². The summed E-state index contributed by atoms with van der Waals surface area (Å²) in [5, 5.41) is 0.474. The van der Waals surface area contributed by atoms with Crippen LogP contribution in [0, 0.1) is 6.92 Å². The first-order chi connectivity index (χ1) is 9.99. The Labute approximate surface area is 141 Å². The van der Waals surface area contributed by atoms with E-state index in [-0.39, 0.29) is 5.38 Å². The molecule has 1 atom stereocenters. The first-order valence-electron chi connectivity index (χ1n) is 6.56. The molecule has 0 fully saturated rings. The minimum Gasteiger partial charge on any atom is -0.295 e. The van der Waals surface area contributed by atoms with E-state index in [4.69, 9.17) is 23.2 Å². The van der Waals surface area contributed by atoms with E-state index in [1.165, 1.54) is 0 Å². The van der Waals surface area contributed by atoms with Gasteiger partial charge in [0.25, 0.3) is 0 Å². The third kappa shape index (κ3) is 2.59. The minimum atomic E-state index is -0.199. The highest BCUT2D eigenvalue weighted by Gasteiger charge is 2.18. The molecule has 0 spiro atoms. The summed E-state index contributed by atoms with van der Waals surface area (Å²) in [4.78, 5) is 4.65. The number of hydrogen-bond donors (Lipinski definition) is 0. The highest BCUT2D eigenvalue weighted by molar-refractivity contribution is 9.10. The van der Waals surface area contributed by atoms with Gasteiger partial charge in [-0.1, -0.05) is 33.6 Å². The fraction of sp³-hybridized carbons (Fsp3) is 0.188. The maximum absolute atomic E-state index is 6.33. The fourth-order valence-corrected chi connectivity index (χ4v) is 3.10. The van der Waals surface area contributed by atoms with Gasteiger partial charge in [0.2, 0.25) is 0 Å². The second kappa shape index (κ2) is 5.64. The van der Waals surface area contributed by atoms with E-state index in [9.17, 15) is 0 Å². The van der Waals surface area contributed by atoms with E-state index in [1.807, 2.05) is 37.3 Å². The summed E-state index contributed by atoms with van der Waals surface area (Å²) in [6, 6.07) is 11.8. The molecule has 3 aromatic rings. The standard InChI is InChI=1S/C16H13BrCl2N2/c1-9-12(17)4-3-5-14(9)21-15-7-6-11(19)8-13(15)20-16(21)10(2)18/h3-8,10H,1-2H3. The molecule has 0 aliphatic rings. The molecular formula is C16H13BrCl2N2. The van der Waals surface area contributed by atoms with Crippen LogP contribution in [0.1, 0.15) is 23.7 Å². The lowest BCUT2D eigenvalue weighted by atomic mass is 10.2. The molecule has 2 aromatic carbocycles. The Morgan fingerprint density at radius 3 is 2.71 bits per heavy atom. The predicted molar refractivity (Wildman–Crippen MR) is 92.8 cm³/mol. The van der Waals surface area contributed by atoms with Crippen LogP contribution < -0.4 is 0 Å². The molecule has 21 heavy (non-hydrogen) atoms. The first-order valence-corrected chi connectivity index (χ1v) is 8.17. The van der Waals surface area contributed by atoms with Gasteiger partial charge in [-0.2, -0.15) is 0 Å². The topological polar surface area (TPSA) is 17.8 Å². The van der Waals surface area contributed by atoms with Gasteiger partial charge in [0.05, 0.1) is 22.1 Å². The number of fused-ring (bicyclic) bond motifs is 1. The Hall–Kier alpha value is -1.03. The van der Waals surface area contributed by atoms with Gasteiger partial charge in [-0.15, -0.1) is 11.6 Å². The second-order valence-corrected chi connectivity index (χ2v) is 6.88. The lowest BCUT2D eigenvalue weighted by molar-refractivity contribution is 0.877. The van der Waals surface area contributed by atoms with Gasteiger partial charge in [0.1, 0.15) is 5.82 Å². The molecule has 1 aromatic heterocycles. The predicted octanol–water partition coefficient (Wildman–Crippen LogP) is 6.05. The molecule has 2 nitrogen and oxygen atoms in total. The van der Waals surface area contributed by atoms with Crippen LogP contribution in [0.2, 0.25) is 5.02 Å². The zero-order valence-electron chi connectivity index (χ0n) is 11.6. The van der Waals surface area contributed by atoms with Crippen LogP contribution in [0.5, 0.6) is 0 Å². The van der Waals surface area contributed by atoms with Crippen molar-refractivity contribution < 1.29 is 0 Å². The molecule has 5 heteroatoms. The Morgan fingerprint density at radius 1 is 1.24 bits per heavy atom. The Kier molecular flexibility index (Phi) is 4.00. The molecular weight excluding hydrogens is 371 g/mol. The average Bonchev–Trinajstić information content (AvgIpc) is 2.80. The van der Waals surface area contributed by atoms with Crippen molar-refractivity contribution >= 4 is 50.2 Å². The lowest BCUT2D eigenvalue weighted by Gasteiger charge is -2.14. The van der Waals surface area contributed by atoms with Crippen molar-refractivity contribution in [2.24, 2.45) is 0 Å². The quantitative estimate of drug-likeness (QED) is 0.492. The normalized spacial score (nSPS) is 12.8. The van der Waals surface area contributed by atoms with Crippen molar-refractivity contribution in [1.29, 1.82) is 0 Å². The third-order valence-corrected chi connectivity index (χ3v) is 4.77. The molecule has 0 radical (unpaired) electrons. The molecule has 0 bridgehead atoms. The highest BCUT2D eigenvalue weighted by atomic mass is 79.9. The fourth-order valence-electron chi connectivity index (χ4n) is 2.43. The van der Waals surface area contributed by atoms with Crippen molar-refractivity contribution in [3.63, 3.8) is 0 Å². The van der Waals surface area contributed by atoms with Gasteiger partial charge in [-0.3, -0.25) is 4.57 Å². The Balaban J connectivity index is 2.39. The number of alkyl halides is 1. The molecule has 0 aliphatic heterocycles. The van der Waals surface area contributed by atoms with Crippen LogP contribution in [-0.4, -0.2) is 9.55 Å². The van der Waals surface area contributed by atoms with Crippen LogP contribution >= 0.6 is 39.1 Å². The zero-order chi connectivity index (χ0) is 15.1. The van der Waals surface area contributed by atoms with Gasteiger partial charge < -0.3 is 0 Å². The number of benzene rings is 2. The zero-order valence-corrected chi connectivity index (χ0v) is 14.7. The van der Waals surface area contributed by atoms with Gasteiger partial charge in [0.15, 0.2) is 0 Å². The smallest absolute Gasteiger partial charge is 0.132 e. The molecule has 1 unspecified atom stereocenters. The summed E-state index contributed by atoms with van der Waals surface area (Å²) in [6.07, 6.45) is 0. The minimum absolute atomic E-state index is 0.199. The van der Waals surface area contributed by atoms with E-state index >= 15 is 0 Å². The number of halogens is 3. The van der Waals surface area contributed by atoms with Crippen LogP contribution in [0.15, 0.2) is 40.9 Å². The number of hydrogen-bond acceptors (Lipinski definition) is 1. The van der Waals surface area contributed by atoms with E-state index in [2.05, 4.69) is 38.5 Å². The van der Waals surface area contributed by atoms with Crippen molar-refractivity contribution in [2.45, 2.75) is 19.2 Å². The van der Waals surface area contributed by atoms with Gasteiger partial charge in [-0.05, 0) is 49.7 Å². The summed E-state index contributed by atoms with van der Waals surface area (Å²) >= 11 is 16.0. The molecule has 0 N–H and O–H groups in total. The summed E-state index contributed by atoms with van der Waals surface area (Å²) in [5.74, 6) is 0.815. The molecule has 108 valence electrons. The summed E-state index contributed by atoms with van der Waals surface area (Å²) < 4.78 is 3.16. The van der Waals surface area contributed by atoms with Crippen LogP contribution in [0.4, 0.5) is 0 Å². The lowest BCUT2D eigenvalue weighted by Crippen LogP contribution is -2.04. The van der Waals surface area contributed by atoms with E-state index < -0.39 is 0 Å². The molecule has 0 saturated carbocycles. The third-order valence-electron chi connectivity index (χ3n) is 3.48. The summed E-state index contributed by atoms with van der Waals surface area (Å²) in [6.45, 7) is 4.00. The molecule has 3 rings (SSSR count). The Bertz CT molecular complexity index is 825. The maximum Gasteiger partial charge on any atom is 0.132 e. The number of nitrogens with zero attached hydrogens (tertiary/aromatic N) is 2. The molecule has 0 saturated heterocycles. The van der Waals surface area contributed by atoms with Crippen molar-refractivity contribution in [2.75, 3.05) is 0 Å². The number of aromatic nitrogens is 2. The second-order valence-electron chi connectivity index (χ2n) is 4.94. The van der Waals surface area contributed by atoms with Crippen LogP contribution in [0.3, 0.4) is 0 Å².